The van der Waals surface area contributed by atoms with Gasteiger partial charge in [0.1, 0.15) is 12.2 Å². The van der Waals surface area contributed by atoms with Crippen molar-refractivity contribution in [1.29, 1.82) is 5.26 Å². The van der Waals surface area contributed by atoms with Gasteiger partial charge in [0.05, 0.1) is 5.56 Å². The maximum Gasteiger partial charge on any atom is 0.115 e. The van der Waals surface area contributed by atoms with Gasteiger partial charge in [0.2, 0.25) is 0 Å². The number of benzene rings is 1. The standard InChI is InChI=1S/C34H46FN5/c1-2-8-24-10-12-30(37)29(22-36)33(24)25-9-11-28-31(19-25)38-27(20-32(28)39-16-5-3-4-6-17-39)13-15-34-14-7-18-40(34)23-26(35)21-34/h10,12,20,25-26H,2-9,11,13-19,21,23,37H2,1H3/t25?,26?,34-/m1/s1. The summed E-state index contributed by atoms with van der Waals surface area (Å²) in [6.07, 6.45) is 14.2. The molecule has 3 fully saturated rings. The van der Waals surface area contributed by atoms with Crippen LogP contribution in [0.4, 0.5) is 15.8 Å². The number of aryl methyl sites for hydroxylation is 2. The van der Waals surface area contributed by atoms with Crippen LogP contribution in [0, 0.1) is 11.3 Å². The van der Waals surface area contributed by atoms with Crippen LogP contribution < -0.4 is 10.6 Å². The number of hydrogen-bond acceptors (Lipinski definition) is 5. The minimum absolute atomic E-state index is 0.0284. The van der Waals surface area contributed by atoms with E-state index in [1.165, 1.54) is 65.9 Å². The second-order valence-electron chi connectivity index (χ2n) is 12.9. The Hall–Kier alpha value is -2.65. The molecule has 2 aromatic rings. The molecule has 1 aromatic carbocycles. The molecule has 0 amide bonds. The first-order chi connectivity index (χ1) is 19.5. The molecule has 4 aliphatic rings. The first kappa shape index (κ1) is 27.5. The van der Waals surface area contributed by atoms with Crippen molar-refractivity contribution in [3.8, 4) is 6.07 Å². The van der Waals surface area contributed by atoms with Gasteiger partial charge in [-0.1, -0.05) is 32.3 Å². The summed E-state index contributed by atoms with van der Waals surface area (Å²) in [6, 6.07) is 8.90. The zero-order chi connectivity index (χ0) is 27.7. The first-order valence-electron chi connectivity index (χ1n) is 16.0. The summed E-state index contributed by atoms with van der Waals surface area (Å²) >= 11 is 0. The number of halogens is 1. The van der Waals surface area contributed by atoms with Crippen molar-refractivity contribution in [2.75, 3.05) is 36.8 Å². The molecule has 1 aromatic heterocycles. The van der Waals surface area contributed by atoms with E-state index in [0.29, 0.717) is 24.2 Å². The van der Waals surface area contributed by atoms with Crippen LogP contribution >= 0.6 is 0 Å². The van der Waals surface area contributed by atoms with Crippen molar-refractivity contribution in [1.82, 2.24) is 9.88 Å². The first-order valence-corrected chi connectivity index (χ1v) is 16.0. The summed E-state index contributed by atoms with van der Waals surface area (Å²) in [7, 11) is 0. The molecule has 2 unspecified atom stereocenters. The van der Waals surface area contributed by atoms with E-state index >= 15 is 0 Å². The van der Waals surface area contributed by atoms with Gasteiger partial charge in [0.25, 0.3) is 0 Å². The number of rotatable bonds is 7. The van der Waals surface area contributed by atoms with E-state index in [0.717, 1.165) is 71.0 Å². The predicted molar refractivity (Wildman–Crippen MR) is 161 cm³/mol. The highest BCUT2D eigenvalue weighted by molar-refractivity contribution is 5.63. The number of aromatic nitrogens is 1. The van der Waals surface area contributed by atoms with Gasteiger partial charge < -0.3 is 10.6 Å². The van der Waals surface area contributed by atoms with Crippen LogP contribution in [0.15, 0.2) is 18.2 Å². The number of alkyl halides is 1. The van der Waals surface area contributed by atoms with Gasteiger partial charge in [-0.2, -0.15) is 5.26 Å². The van der Waals surface area contributed by atoms with E-state index in [4.69, 9.17) is 10.7 Å². The molecular weight excluding hydrogens is 497 g/mol. The molecular formula is C34H46FN5. The van der Waals surface area contributed by atoms with Gasteiger partial charge in [-0.3, -0.25) is 9.88 Å². The second kappa shape index (κ2) is 11.7. The van der Waals surface area contributed by atoms with Gasteiger partial charge in [-0.15, -0.1) is 0 Å². The monoisotopic (exact) mass is 543 g/mol. The van der Waals surface area contributed by atoms with E-state index in [2.05, 4.69) is 34.9 Å². The number of fused-ring (bicyclic) bond motifs is 2. The van der Waals surface area contributed by atoms with Gasteiger partial charge >= 0.3 is 0 Å². The highest BCUT2D eigenvalue weighted by Gasteiger charge is 2.48. The molecule has 0 radical (unpaired) electrons. The highest BCUT2D eigenvalue weighted by Crippen LogP contribution is 2.44. The maximum atomic E-state index is 14.5. The summed E-state index contributed by atoms with van der Waals surface area (Å²) < 4.78 is 14.5. The van der Waals surface area contributed by atoms with Gasteiger partial charge in [-0.25, -0.2) is 4.39 Å². The lowest BCUT2D eigenvalue weighted by atomic mass is 9.77. The van der Waals surface area contributed by atoms with Crippen molar-refractivity contribution < 1.29 is 4.39 Å². The van der Waals surface area contributed by atoms with Crippen LogP contribution in [0.3, 0.4) is 0 Å². The fourth-order valence-corrected chi connectivity index (χ4v) is 8.46. The van der Waals surface area contributed by atoms with Crippen LogP contribution in [0.25, 0.3) is 0 Å². The molecule has 2 N–H and O–H groups in total. The number of hydrogen-bond donors (Lipinski definition) is 1. The topological polar surface area (TPSA) is 69.2 Å². The Morgan fingerprint density at radius 3 is 2.73 bits per heavy atom. The van der Waals surface area contributed by atoms with Crippen LogP contribution in [0.1, 0.15) is 111 Å². The highest BCUT2D eigenvalue weighted by atomic mass is 19.1. The molecule has 6 heteroatoms. The molecule has 3 aliphatic heterocycles. The zero-order valence-electron chi connectivity index (χ0n) is 24.4. The second-order valence-corrected chi connectivity index (χ2v) is 12.9. The number of nitrogens with two attached hydrogens (primary N) is 1. The Morgan fingerprint density at radius 1 is 1.12 bits per heavy atom. The molecule has 3 saturated heterocycles. The van der Waals surface area contributed by atoms with Crippen molar-refractivity contribution in [3.63, 3.8) is 0 Å². The van der Waals surface area contributed by atoms with E-state index in [-0.39, 0.29) is 11.5 Å². The van der Waals surface area contributed by atoms with E-state index in [1.807, 2.05) is 6.07 Å². The number of nitrogen functional groups attached to an aromatic ring is 1. The molecule has 40 heavy (non-hydrogen) atoms. The molecule has 3 atom stereocenters. The normalized spacial score (nSPS) is 26.8. The molecule has 214 valence electrons. The number of nitriles is 1. The minimum atomic E-state index is -0.685. The zero-order valence-corrected chi connectivity index (χ0v) is 24.4. The number of anilines is 2. The van der Waals surface area contributed by atoms with Crippen molar-refractivity contribution in [2.24, 2.45) is 0 Å². The van der Waals surface area contributed by atoms with Gasteiger partial charge in [-0.05, 0) is 112 Å². The SMILES string of the molecule is CCCc1ccc(N)c(C#N)c1C1CCc2c(N3CCCCCC3)cc(CC[C@@]34CCCN3CC(F)C4)nc2C1. The molecule has 1 aliphatic carbocycles. The third kappa shape index (κ3) is 5.22. The Bertz CT molecular complexity index is 1260. The van der Waals surface area contributed by atoms with Crippen LogP contribution in [0.2, 0.25) is 0 Å². The Balaban J connectivity index is 1.34. The molecule has 0 spiro atoms. The number of pyridine rings is 1. The predicted octanol–water partition coefficient (Wildman–Crippen LogP) is 6.65. The van der Waals surface area contributed by atoms with Crippen molar-refractivity contribution >= 4 is 11.4 Å². The summed E-state index contributed by atoms with van der Waals surface area (Å²) in [5.74, 6) is 0.262. The maximum absolute atomic E-state index is 14.5. The van der Waals surface area contributed by atoms with E-state index in [1.54, 1.807) is 0 Å². The lowest BCUT2D eigenvalue weighted by Gasteiger charge is -2.34. The van der Waals surface area contributed by atoms with E-state index < -0.39 is 6.17 Å². The lowest BCUT2D eigenvalue weighted by molar-refractivity contribution is 0.182. The molecule has 0 bridgehead atoms. The molecule has 4 heterocycles. The van der Waals surface area contributed by atoms with Gasteiger partial charge in [0.15, 0.2) is 0 Å². The summed E-state index contributed by atoms with van der Waals surface area (Å²) in [5.41, 5.74) is 15.3. The minimum Gasteiger partial charge on any atom is -0.398 e. The molecule has 6 rings (SSSR count). The lowest BCUT2D eigenvalue weighted by Crippen LogP contribution is -2.38. The fraction of sp³-hybridized carbons (Fsp3) is 0.647. The Labute approximate surface area is 239 Å². The quantitative estimate of drug-likeness (QED) is 0.396. The third-order valence-corrected chi connectivity index (χ3v) is 10.4. The van der Waals surface area contributed by atoms with Gasteiger partial charge in [0, 0.05) is 47.9 Å². The Kier molecular flexibility index (Phi) is 8.04. The summed E-state index contributed by atoms with van der Waals surface area (Å²) in [4.78, 5) is 10.4. The van der Waals surface area contributed by atoms with Crippen LogP contribution in [0.5, 0.6) is 0 Å². The van der Waals surface area contributed by atoms with E-state index in [9.17, 15) is 9.65 Å². The average molecular weight is 544 g/mol. The van der Waals surface area contributed by atoms with Crippen molar-refractivity contribution in [3.05, 3.63) is 51.8 Å². The molecule has 0 saturated carbocycles. The average Bonchev–Trinajstić information content (AvgIpc) is 3.33. The van der Waals surface area contributed by atoms with Crippen molar-refractivity contribution in [2.45, 2.75) is 114 Å². The Morgan fingerprint density at radius 2 is 1.95 bits per heavy atom. The largest absolute Gasteiger partial charge is 0.398 e. The summed E-state index contributed by atoms with van der Waals surface area (Å²) in [5, 5.41) is 10.1. The molecule has 5 nitrogen and oxygen atoms in total. The van der Waals surface area contributed by atoms with Crippen LogP contribution in [-0.4, -0.2) is 47.8 Å². The summed E-state index contributed by atoms with van der Waals surface area (Å²) in [6.45, 7) is 6.09. The fourth-order valence-electron chi connectivity index (χ4n) is 8.46. The number of nitrogens with zero attached hydrogens (tertiary/aromatic N) is 4. The smallest absolute Gasteiger partial charge is 0.115 e. The third-order valence-electron chi connectivity index (χ3n) is 10.4. The van der Waals surface area contributed by atoms with Crippen LogP contribution in [-0.2, 0) is 25.7 Å².